The van der Waals surface area contributed by atoms with E-state index in [2.05, 4.69) is 5.10 Å². The average Bonchev–Trinajstić information content (AvgIpc) is 3.22. The van der Waals surface area contributed by atoms with Crippen molar-refractivity contribution in [3.8, 4) is 11.5 Å². The van der Waals surface area contributed by atoms with E-state index >= 15 is 0 Å². The minimum atomic E-state index is -1.01. The molecule has 0 unspecified atom stereocenters. The number of amides is 1. The minimum absolute atomic E-state index is 0.114. The van der Waals surface area contributed by atoms with Crippen LogP contribution in [0.4, 0.5) is 5.69 Å². The first-order chi connectivity index (χ1) is 14.8. The van der Waals surface area contributed by atoms with E-state index in [1.54, 1.807) is 20.3 Å². The van der Waals surface area contributed by atoms with Gasteiger partial charge in [-0.3, -0.25) is 9.59 Å². The molecule has 8 heteroatoms. The van der Waals surface area contributed by atoms with Crippen molar-refractivity contribution in [3.63, 3.8) is 0 Å². The van der Waals surface area contributed by atoms with E-state index in [0.29, 0.717) is 23.6 Å². The summed E-state index contributed by atoms with van der Waals surface area (Å²) in [6.45, 7) is 0. The maximum atomic E-state index is 12.9. The summed E-state index contributed by atoms with van der Waals surface area (Å²) in [5.41, 5.74) is 3.44. The van der Waals surface area contributed by atoms with Gasteiger partial charge in [-0.25, -0.2) is 5.01 Å². The van der Waals surface area contributed by atoms with Gasteiger partial charge in [0, 0.05) is 44.3 Å². The van der Waals surface area contributed by atoms with E-state index in [9.17, 15) is 9.59 Å². The van der Waals surface area contributed by atoms with Crippen molar-refractivity contribution in [2.24, 2.45) is 5.10 Å². The molecule has 0 fully saturated rings. The Balaban J connectivity index is 1.99. The molecule has 1 aliphatic rings. The lowest BCUT2D eigenvalue weighted by molar-refractivity contribution is -0.141. The van der Waals surface area contributed by atoms with Crippen molar-refractivity contribution in [2.45, 2.75) is 25.3 Å². The highest BCUT2D eigenvalue weighted by Crippen LogP contribution is 2.36. The van der Waals surface area contributed by atoms with Gasteiger partial charge in [0.15, 0.2) is 0 Å². The maximum Gasteiger partial charge on any atom is 0.303 e. The lowest BCUT2D eigenvalue weighted by atomic mass is 9.97. The SMILES string of the molecule is COc1cc(OC)cc(C2=NN(C(=O)CCC(=O)O)[C@@H](c3cccc(N(C)C)c3)C2)c1. The number of benzene rings is 2. The number of anilines is 1. The molecule has 0 radical (unpaired) electrons. The predicted molar refractivity (Wildman–Crippen MR) is 118 cm³/mol. The molecule has 0 aliphatic carbocycles. The molecule has 1 amide bonds. The zero-order chi connectivity index (χ0) is 22.5. The summed E-state index contributed by atoms with van der Waals surface area (Å²) in [6, 6.07) is 13.0. The van der Waals surface area contributed by atoms with Crippen molar-refractivity contribution >= 4 is 23.3 Å². The van der Waals surface area contributed by atoms with Gasteiger partial charge in [0.2, 0.25) is 5.91 Å². The zero-order valence-electron chi connectivity index (χ0n) is 18.2. The molecule has 1 aliphatic heterocycles. The predicted octanol–water partition coefficient (Wildman–Crippen LogP) is 3.31. The van der Waals surface area contributed by atoms with Crippen molar-refractivity contribution in [1.82, 2.24) is 5.01 Å². The Hall–Kier alpha value is -3.55. The topological polar surface area (TPSA) is 91.7 Å². The van der Waals surface area contributed by atoms with Gasteiger partial charge in [-0.1, -0.05) is 12.1 Å². The monoisotopic (exact) mass is 425 g/mol. The molecular formula is C23H27N3O5. The third kappa shape index (κ3) is 5.14. The van der Waals surface area contributed by atoms with Crippen LogP contribution in [0.5, 0.6) is 11.5 Å². The summed E-state index contributed by atoms with van der Waals surface area (Å²) in [6.07, 6.45) is 0.140. The Morgan fingerprint density at radius 3 is 2.35 bits per heavy atom. The smallest absolute Gasteiger partial charge is 0.303 e. The Bertz CT molecular complexity index is 980. The first kappa shape index (κ1) is 22.1. The molecule has 1 atom stereocenters. The molecule has 2 aromatic rings. The van der Waals surface area contributed by atoms with Crippen LogP contribution in [0.2, 0.25) is 0 Å². The number of carboxylic acid groups (broad SMARTS) is 1. The number of carbonyl (C=O) groups excluding carboxylic acids is 1. The van der Waals surface area contributed by atoms with Crippen molar-refractivity contribution < 1.29 is 24.2 Å². The van der Waals surface area contributed by atoms with Gasteiger partial charge in [-0.15, -0.1) is 0 Å². The number of rotatable bonds is 8. The van der Waals surface area contributed by atoms with Crippen LogP contribution < -0.4 is 14.4 Å². The molecule has 164 valence electrons. The normalized spacial score (nSPS) is 15.4. The highest BCUT2D eigenvalue weighted by atomic mass is 16.5. The fourth-order valence-electron chi connectivity index (χ4n) is 3.49. The largest absolute Gasteiger partial charge is 0.497 e. The van der Waals surface area contributed by atoms with E-state index in [1.807, 2.05) is 55.4 Å². The highest BCUT2D eigenvalue weighted by molar-refractivity contribution is 6.04. The maximum absolute atomic E-state index is 12.9. The van der Waals surface area contributed by atoms with Crippen LogP contribution in [-0.2, 0) is 9.59 Å². The van der Waals surface area contributed by atoms with Gasteiger partial charge in [-0.05, 0) is 29.8 Å². The number of nitrogens with zero attached hydrogens (tertiary/aromatic N) is 3. The molecule has 0 spiro atoms. The van der Waals surface area contributed by atoms with Gasteiger partial charge in [-0.2, -0.15) is 5.10 Å². The second kappa shape index (κ2) is 9.51. The van der Waals surface area contributed by atoms with E-state index in [-0.39, 0.29) is 24.8 Å². The van der Waals surface area contributed by atoms with Crippen LogP contribution in [0.3, 0.4) is 0 Å². The van der Waals surface area contributed by atoms with Gasteiger partial charge < -0.3 is 19.5 Å². The summed E-state index contributed by atoms with van der Waals surface area (Å²) in [4.78, 5) is 25.8. The number of methoxy groups -OCH3 is 2. The summed E-state index contributed by atoms with van der Waals surface area (Å²) in [5.74, 6) is -0.0920. The first-order valence-electron chi connectivity index (χ1n) is 9.94. The van der Waals surface area contributed by atoms with Gasteiger partial charge in [0.25, 0.3) is 0 Å². The molecule has 31 heavy (non-hydrogen) atoms. The van der Waals surface area contributed by atoms with Crippen LogP contribution in [0, 0.1) is 0 Å². The Morgan fingerprint density at radius 2 is 1.77 bits per heavy atom. The second-order valence-electron chi connectivity index (χ2n) is 7.49. The number of hydrogen-bond donors (Lipinski definition) is 1. The number of hydrazone groups is 1. The highest BCUT2D eigenvalue weighted by Gasteiger charge is 2.33. The number of carboxylic acids is 1. The fourth-order valence-corrected chi connectivity index (χ4v) is 3.49. The van der Waals surface area contributed by atoms with E-state index in [1.165, 1.54) is 5.01 Å². The number of aliphatic carboxylic acids is 1. The fraction of sp³-hybridized carbons (Fsp3) is 0.348. The summed E-state index contributed by atoms with van der Waals surface area (Å²) in [5, 5.41) is 15.0. The number of carbonyl (C=O) groups is 2. The molecule has 2 aromatic carbocycles. The summed E-state index contributed by atoms with van der Waals surface area (Å²) < 4.78 is 10.7. The molecule has 0 bridgehead atoms. The molecular weight excluding hydrogens is 398 g/mol. The number of hydrogen-bond acceptors (Lipinski definition) is 6. The quantitative estimate of drug-likeness (QED) is 0.698. The third-order valence-corrected chi connectivity index (χ3v) is 5.17. The Labute approximate surface area is 181 Å². The molecule has 1 heterocycles. The summed E-state index contributed by atoms with van der Waals surface area (Å²) in [7, 11) is 7.06. The second-order valence-corrected chi connectivity index (χ2v) is 7.49. The van der Waals surface area contributed by atoms with E-state index < -0.39 is 5.97 Å². The van der Waals surface area contributed by atoms with E-state index in [4.69, 9.17) is 14.6 Å². The molecule has 3 rings (SSSR count). The van der Waals surface area contributed by atoms with Crippen molar-refractivity contribution in [2.75, 3.05) is 33.2 Å². The Kier molecular flexibility index (Phi) is 6.79. The van der Waals surface area contributed by atoms with Crippen molar-refractivity contribution in [1.29, 1.82) is 0 Å². The van der Waals surface area contributed by atoms with Crippen LogP contribution in [0.25, 0.3) is 0 Å². The van der Waals surface area contributed by atoms with Crippen LogP contribution in [-0.4, -0.2) is 56.0 Å². The van der Waals surface area contributed by atoms with Gasteiger partial charge >= 0.3 is 5.97 Å². The lowest BCUT2D eigenvalue weighted by Crippen LogP contribution is -2.27. The van der Waals surface area contributed by atoms with Crippen molar-refractivity contribution in [3.05, 3.63) is 53.6 Å². The standard InChI is InChI=1S/C23H27N3O5/c1-25(2)17-7-5-6-15(10-17)21-14-20(24-26(21)22(27)8-9-23(28)29)16-11-18(30-3)13-19(12-16)31-4/h5-7,10-13,21H,8-9,14H2,1-4H3,(H,28,29)/t21-/m1/s1. The van der Waals surface area contributed by atoms with Gasteiger partial charge in [0.05, 0.1) is 32.4 Å². The van der Waals surface area contributed by atoms with Gasteiger partial charge in [0.1, 0.15) is 11.5 Å². The lowest BCUT2D eigenvalue weighted by Gasteiger charge is -2.23. The van der Waals surface area contributed by atoms with Crippen LogP contribution in [0.1, 0.15) is 36.4 Å². The molecule has 0 saturated carbocycles. The zero-order valence-corrected chi connectivity index (χ0v) is 18.2. The molecule has 8 nitrogen and oxygen atoms in total. The molecule has 0 aromatic heterocycles. The summed E-state index contributed by atoms with van der Waals surface area (Å²) >= 11 is 0. The molecule has 1 N–H and O–H groups in total. The molecule has 0 saturated heterocycles. The Morgan fingerprint density at radius 1 is 1.10 bits per heavy atom. The average molecular weight is 425 g/mol. The van der Waals surface area contributed by atoms with E-state index in [0.717, 1.165) is 16.8 Å². The van der Waals surface area contributed by atoms with Crippen LogP contribution >= 0.6 is 0 Å². The van der Waals surface area contributed by atoms with Crippen LogP contribution in [0.15, 0.2) is 47.6 Å². The first-order valence-corrected chi connectivity index (χ1v) is 9.94. The third-order valence-electron chi connectivity index (χ3n) is 5.17. The number of ether oxygens (including phenoxy) is 2. The minimum Gasteiger partial charge on any atom is -0.497 e.